The van der Waals surface area contributed by atoms with Crippen LogP contribution in [-0.4, -0.2) is 30.4 Å². The minimum atomic E-state index is 0.0673. The lowest BCUT2D eigenvalue weighted by Gasteiger charge is -2.33. The van der Waals surface area contributed by atoms with Gasteiger partial charge in [-0.2, -0.15) is 0 Å². The highest BCUT2D eigenvalue weighted by atomic mass is 16.2. The summed E-state index contributed by atoms with van der Waals surface area (Å²) < 4.78 is 0. The quantitative estimate of drug-likeness (QED) is 0.801. The fraction of sp³-hybridized carbons (Fsp3) is 0.500. The van der Waals surface area contributed by atoms with E-state index in [4.69, 9.17) is 0 Å². The molecule has 2 rings (SSSR count). The molecule has 3 heteroatoms. The number of nitrogens with zero attached hydrogens (tertiary/aromatic N) is 1. The molecule has 0 saturated carbocycles. The SMILES string of the molecule is CN(C)C(=O)c1ccc2c(c1)CNC(C)(C)C2. The number of amides is 1. The molecule has 1 aromatic rings. The molecule has 0 aromatic heterocycles. The molecular weight excluding hydrogens is 212 g/mol. The third-order valence-electron chi connectivity index (χ3n) is 3.25. The van der Waals surface area contributed by atoms with Crippen LogP contribution in [0.15, 0.2) is 18.2 Å². The zero-order valence-corrected chi connectivity index (χ0v) is 11.0. The zero-order chi connectivity index (χ0) is 12.6. The molecule has 0 radical (unpaired) electrons. The number of nitrogens with one attached hydrogen (secondary N) is 1. The highest BCUT2D eigenvalue weighted by Gasteiger charge is 2.24. The second-order valence-electron chi connectivity index (χ2n) is 5.60. The Morgan fingerprint density at radius 3 is 2.65 bits per heavy atom. The van der Waals surface area contributed by atoms with E-state index >= 15 is 0 Å². The summed E-state index contributed by atoms with van der Waals surface area (Å²) in [6.45, 7) is 5.25. The smallest absolute Gasteiger partial charge is 0.253 e. The van der Waals surface area contributed by atoms with Crippen LogP contribution >= 0.6 is 0 Å². The number of rotatable bonds is 1. The highest BCUT2D eigenvalue weighted by Crippen LogP contribution is 2.24. The monoisotopic (exact) mass is 232 g/mol. The lowest BCUT2D eigenvalue weighted by Crippen LogP contribution is -2.44. The third-order valence-corrected chi connectivity index (χ3v) is 3.25. The molecule has 1 aliphatic heterocycles. The van der Waals surface area contributed by atoms with Crippen LogP contribution in [0.3, 0.4) is 0 Å². The van der Waals surface area contributed by atoms with Gasteiger partial charge in [0.2, 0.25) is 0 Å². The summed E-state index contributed by atoms with van der Waals surface area (Å²) in [5.74, 6) is 0.0673. The van der Waals surface area contributed by atoms with Crippen molar-refractivity contribution in [3.05, 3.63) is 34.9 Å². The van der Waals surface area contributed by atoms with Crippen LogP contribution in [0.5, 0.6) is 0 Å². The Morgan fingerprint density at radius 1 is 1.29 bits per heavy atom. The van der Waals surface area contributed by atoms with Crippen molar-refractivity contribution in [3.8, 4) is 0 Å². The van der Waals surface area contributed by atoms with E-state index in [-0.39, 0.29) is 11.4 Å². The number of carbonyl (C=O) groups excluding carboxylic acids is 1. The largest absolute Gasteiger partial charge is 0.345 e. The predicted molar refractivity (Wildman–Crippen MR) is 69.1 cm³/mol. The van der Waals surface area contributed by atoms with Crippen LogP contribution in [-0.2, 0) is 13.0 Å². The first-order valence-electron chi connectivity index (χ1n) is 5.97. The van der Waals surface area contributed by atoms with Crippen molar-refractivity contribution < 1.29 is 4.79 Å². The van der Waals surface area contributed by atoms with E-state index in [1.807, 2.05) is 12.1 Å². The van der Waals surface area contributed by atoms with Crippen LogP contribution in [0.25, 0.3) is 0 Å². The molecule has 0 aliphatic carbocycles. The van der Waals surface area contributed by atoms with Crippen molar-refractivity contribution in [3.63, 3.8) is 0 Å². The van der Waals surface area contributed by atoms with Crippen LogP contribution in [0.1, 0.15) is 35.3 Å². The fourth-order valence-corrected chi connectivity index (χ4v) is 2.23. The molecule has 1 aliphatic rings. The molecule has 92 valence electrons. The van der Waals surface area contributed by atoms with Gasteiger partial charge >= 0.3 is 0 Å². The summed E-state index contributed by atoms with van der Waals surface area (Å²) in [5.41, 5.74) is 3.52. The van der Waals surface area contributed by atoms with Gasteiger partial charge in [-0.15, -0.1) is 0 Å². The minimum Gasteiger partial charge on any atom is -0.345 e. The summed E-state index contributed by atoms with van der Waals surface area (Å²) >= 11 is 0. The Hall–Kier alpha value is -1.35. The number of carbonyl (C=O) groups is 1. The average molecular weight is 232 g/mol. The van der Waals surface area contributed by atoms with Crippen molar-refractivity contribution >= 4 is 5.91 Å². The lowest BCUT2D eigenvalue weighted by molar-refractivity contribution is 0.0827. The molecule has 3 nitrogen and oxygen atoms in total. The van der Waals surface area contributed by atoms with Crippen molar-refractivity contribution in [2.45, 2.75) is 32.4 Å². The molecule has 0 saturated heterocycles. The van der Waals surface area contributed by atoms with Gasteiger partial charge in [-0.25, -0.2) is 0 Å². The summed E-state index contributed by atoms with van der Waals surface area (Å²) in [6, 6.07) is 6.04. The van der Waals surface area contributed by atoms with Crippen LogP contribution < -0.4 is 5.32 Å². The summed E-state index contributed by atoms with van der Waals surface area (Å²) in [7, 11) is 3.56. The van der Waals surface area contributed by atoms with Gasteiger partial charge < -0.3 is 10.2 Å². The van der Waals surface area contributed by atoms with Gasteiger partial charge in [0.25, 0.3) is 5.91 Å². The normalized spacial score (nSPS) is 17.4. The average Bonchev–Trinajstić information content (AvgIpc) is 2.26. The number of hydrogen-bond donors (Lipinski definition) is 1. The van der Waals surface area contributed by atoms with E-state index < -0.39 is 0 Å². The second kappa shape index (κ2) is 4.15. The van der Waals surface area contributed by atoms with E-state index in [0.29, 0.717) is 0 Å². The standard InChI is InChI=1S/C14H20N2O/c1-14(2)8-11-6-5-10(13(17)16(3)4)7-12(11)9-15-14/h5-7,15H,8-9H2,1-4H3. The van der Waals surface area contributed by atoms with E-state index in [1.54, 1.807) is 19.0 Å². The maximum atomic E-state index is 11.9. The van der Waals surface area contributed by atoms with Gasteiger partial charge in [-0.05, 0) is 43.5 Å². The molecule has 1 aromatic carbocycles. The first kappa shape index (κ1) is 12.1. The predicted octanol–water partition coefficient (Wildman–Crippen LogP) is 1.81. The minimum absolute atomic E-state index is 0.0673. The molecule has 17 heavy (non-hydrogen) atoms. The van der Waals surface area contributed by atoms with Gasteiger partial charge in [0.15, 0.2) is 0 Å². The van der Waals surface area contributed by atoms with Crippen molar-refractivity contribution in [2.75, 3.05) is 14.1 Å². The molecule has 1 amide bonds. The molecule has 1 heterocycles. The van der Waals surface area contributed by atoms with Gasteiger partial charge in [0.05, 0.1) is 0 Å². The molecule has 0 atom stereocenters. The Balaban J connectivity index is 2.31. The molecule has 0 spiro atoms. The Bertz CT molecular complexity index is 450. The van der Waals surface area contributed by atoms with Gasteiger partial charge in [-0.3, -0.25) is 4.79 Å². The van der Waals surface area contributed by atoms with Crippen molar-refractivity contribution in [2.24, 2.45) is 0 Å². The highest BCUT2D eigenvalue weighted by molar-refractivity contribution is 5.94. The van der Waals surface area contributed by atoms with E-state index in [2.05, 4.69) is 25.2 Å². The molecular formula is C14H20N2O. The molecule has 1 N–H and O–H groups in total. The lowest BCUT2D eigenvalue weighted by atomic mass is 9.87. The number of benzene rings is 1. The fourth-order valence-electron chi connectivity index (χ4n) is 2.23. The van der Waals surface area contributed by atoms with Crippen molar-refractivity contribution in [1.29, 1.82) is 0 Å². The number of fused-ring (bicyclic) bond motifs is 1. The first-order valence-corrected chi connectivity index (χ1v) is 5.97. The molecule has 0 bridgehead atoms. The number of hydrogen-bond acceptors (Lipinski definition) is 2. The maximum Gasteiger partial charge on any atom is 0.253 e. The van der Waals surface area contributed by atoms with Gasteiger partial charge in [0.1, 0.15) is 0 Å². The Morgan fingerprint density at radius 2 is 2.00 bits per heavy atom. The van der Waals surface area contributed by atoms with Gasteiger partial charge in [-0.1, -0.05) is 6.07 Å². The van der Waals surface area contributed by atoms with Crippen LogP contribution in [0.4, 0.5) is 0 Å². The maximum absolute atomic E-state index is 11.9. The first-order chi connectivity index (χ1) is 7.89. The van der Waals surface area contributed by atoms with Crippen LogP contribution in [0.2, 0.25) is 0 Å². The van der Waals surface area contributed by atoms with E-state index in [0.717, 1.165) is 18.5 Å². The Kier molecular flexibility index (Phi) is 2.96. The van der Waals surface area contributed by atoms with E-state index in [1.165, 1.54) is 11.1 Å². The van der Waals surface area contributed by atoms with Crippen LogP contribution in [0, 0.1) is 0 Å². The molecule has 0 unspecified atom stereocenters. The topological polar surface area (TPSA) is 32.3 Å². The summed E-state index contributed by atoms with van der Waals surface area (Å²) in [6.07, 6.45) is 1.01. The van der Waals surface area contributed by atoms with Gasteiger partial charge in [0, 0.05) is 31.7 Å². The second-order valence-corrected chi connectivity index (χ2v) is 5.60. The van der Waals surface area contributed by atoms with Crippen molar-refractivity contribution in [1.82, 2.24) is 10.2 Å². The Labute approximate surface area is 103 Å². The third kappa shape index (κ3) is 2.50. The zero-order valence-electron chi connectivity index (χ0n) is 11.0. The summed E-state index contributed by atoms with van der Waals surface area (Å²) in [5, 5.41) is 3.49. The molecule has 0 fully saturated rings. The van der Waals surface area contributed by atoms with E-state index in [9.17, 15) is 4.79 Å². The summed E-state index contributed by atoms with van der Waals surface area (Å²) in [4.78, 5) is 13.5.